The van der Waals surface area contributed by atoms with Gasteiger partial charge in [0.2, 0.25) is 0 Å². The molecule has 4 heteroatoms. The minimum atomic E-state index is -0.127. The van der Waals surface area contributed by atoms with E-state index in [2.05, 4.69) is 19.9 Å². The SMILES string of the molecule is CC1(C)CCN(C(=O)c2coc3c2C(=O)CCC3)c2ccccc21. The Balaban J connectivity index is 1.77. The summed E-state index contributed by atoms with van der Waals surface area (Å²) in [6.45, 7) is 5.06. The van der Waals surface area contributed by atoms with Crippen molar-refractivity contribution < 1.29 is 14.0 Å². The monoisotopic (exact) mass is 323 g/mol. The van der Waals surface area contributed by atoms with Crippen LogP contribution in [0.2, 0.25) is 0 Å². The van der Waals surface area contributed by atoms with Crippen LogP contribution < -0.4 is 4.90 Å². The van der Waals surface area contributed by atoms with Crippen LogP contribution in [0, 0.1) is 0 Å². The summed E-state index contributed by atoms with van der Waals surface area (Å²) in [6, 6.07) is 8.04. The van der Waals surface area contributed by atoms with E-state index in [4.69, 9.17) is 4.42 Å². The van der Waals surface area contributed by atoms with Gasteiger partial charge in [-0.25, -0.2) is 0 Å². The van der Waals surface area contributed by atoms with Crippen molar-refractivity contribution >= 4 is 17.4 Å². The third-order valence-corrected chi connectivity index (χ3v) is 5.31. The predicted molar refractivity (Wildman–Crippen MR) is 91.7 cm³/mol. The minimum absolute atomic E-state index is 0.0268. The number of aryl methyl sites for hydroxylation is 1. The van der Waals surface area contributed by atoms with Gasteiger partial charge in [-0.3, -0.25) is 9.59 Å². The third kappa shape index (κ3) is 2.20. The fourth-order valence-electron chi connectivity index (χ4n) is 3.86. The second-order valence-corrected chi connectivity index (χ2v) is 7.33. The summed E-state index contributed by atoms with van der Waals surface area (Å²) in [6.07, 6.45) is 4.39. The summed E-state index contributed by atoms with van der Waals surface area (Å²) < 4.78 is 5.53. The van der Waals surface area contributed by atoms with E-state index in [1.54, 1.807) is 4.90 Å². The van der Waals surface area contributed by atoms with Crippen molar-refractivity contribution in [1.82, 2.24) is 0 Å². The van der Waals surface area contributed by atoms with Gasteiger partial charge in [-0.1, -0.05) is 32.0 Å². The zero-order chi connectivity index (χ0) is 16.9. The number of furan rings is 1. The molecule has 0 radical (unpaired) electrons. The molecule has 124 valence electrons. The van der Waals surface area contributed by atoms with E-state index < -0.39 is 0 Å². The molecule has 1 aliphatic heterocycles. The molecule has 0 atom stereocenters. The summed E-state index contributed by atoms with van der Waals surface area (Å²) in [5, 5.41) is 0. The Hall–Kier alpha value is -2.36. The number of benzene rings is 1. The van der Waals surface area contributed by atoms with Gasteiger partial charge < -0.3 is 9.32 Å². The van der Waals surface area contributed by atoms with E-state index in [-0.39, 0.29) is 17.1 Å². The summed E-state index contributed by atoms with van der Waals surface area (Å²) in [7, 11) is 0. The minimum Gasteiger partial charge on any atom is -0.468 e. The van der Waals surface area contributed by atoms with E-state index in [0.29, 0.717) is 29.9 Å². The highest BCUT2D eigenvalue weighted by atomic mass is 16.3. The Morgan fingerprint density at radius 3 is 2.83 bits per heavy atom. The zero-order valence-electron chi connectivity index (χ0n) is 14.1. The Bertz CT molecular complexity index is 831. The Kier molecular flexibility index (Phi) is 3.37. The third-order valence-electron chi connectivity index (χ3n) is 5.31. The lowest BCUT2D eigenvalue weighted by Crippen LogP contribution is -2.41. The molecular weight excluding hydrogens is 302 g/mol. The van der Waals surface area contributed by atoms with Crippen molar-refractivity contribution in [3.63, 3.8) is 0 Å². The molecule has 1 aromatic heterocycles. The number of nitrogens with zero attached hydrogens (tertiary/aromatic N) is 1. The van der Waals surface area contributed by atoms with Crippen molar-refractivity contribution in [3.8, 4) is 0 Å². The standard InChI is InChI=1S/C20H21NO3/c1-20(2)10-11-21(15-7-4-3-6-14(15)20)19(23)13-12-24-17-9-5-8-16(22)18(13)17/h3-4,6-7,12H,5,8-11H2,1-2H3. The number of Topliss-reactive ketones (excluding diaryl/α,β-unsaturated/α-hetero) is 1. The maximum atomic E-state index is 13.2. The van der Waals surface area contributed by atoms with E-state index >= 15 is 0 Å². The highest BCUT2D eigenvalue weighted by Crippen LogP contribution is 2.40. The summed E-state index contributed by atoms with van der Waals surface area (Å²) in [5.74, 6) is 0.567. The summed E-state index contributed by atoms with van der Waals surface area (Å²) in [5.41, 5.74) is 3.09. The van der Waals surface area contributed by atoms with Crippen molar-refractivity contribution in [2.75, 3.05) is 11.4 Å². The van der Waals surface area contributed by atoms with E-state index in [0.717, 1.165) is 24.9 Å². The molecule has 0 saturated carbocycles. The molecule has 1 amide bonds. The van der Waals surface area contributed by atoms with Gasteiger partial charge in [0.25, 0.3) is 5.91 Å². The number of amides is 1. The number of hydrogen-bond acceptors (Lipinski definition) is 3. The van der Waals surface area contributed by atoms with Crippen LogP contribution in [0.1, 0.15) is 65.1 Å². The van der Waals surface area contributed by atoms with Crippen molar-refractivity contribution in [3.05, 3.63) is 53.0 Å². The quantitative estimate of drug-likeness (QED) is 0.793. The van der Waals surface area contributed by atoms with Crippen LogP contribution >= 0.6 is 0 Å². The average molecular weight is 323 g/mol. The normalized spacial score (nSPS) is 18.9. The number of anilines is 1. The second-order valence-electron chi connectivity index (χ2n) is 7.33. The van der Waals surface area contributed by atoms with Crippen LogP contribution in [-0.2, 0) is 11.8 Å². The number of carbonyl (C=O) groups excluding carboxylic acids is 2. The Morgan fingerprint density at radius 1 is 1.21 bits per heavy atom. The van der Waals surface area contributed by atoms with Crippen LogP contribution in [0.4, 0.5) is 5.69 Å². The number of para-hydroxylation sites is 1. The molecule has 2 heterocycles. The van der Waals surface area contributed by atoms with E-state index in [1.165, 1.54) is 11.8 Å². The van der Waals surface area contributed by atoms with E-state index in [9.17, 15) is 9.59 Å². The van der Waals surface area contributed by atoms with Gasteiger partial charge in [0.05, 0.1) is 11.1 Å². The molecule has 0 spiro atoms. The molecule has 2 aliphatic rings. The lowest BCUT2D eigenvalue weighted by atomic mass is 9.77. The Labute approximate surface area is 141 Å². The molecule has 0 bridgehead atoms. The zero-order valence-corrected chi connectivity index (χ0v) is 14.1. The first-order valence-electron chi connectivity index (χ1n) is 8.54. The first kappa shape index (κ1) is 15.2. The van der Waals surface area contributed by atoms with Crippen LogP contribution in [0.3, 0.4) is 0 Å². The van der Waals surface area contributed by atoms with Crippen LogP contribution in [0.25, 0.3) is 0 Å². The molecule has 0 unspecified atom stereocenters. The number of hydrogen-bond donors (Lipinski definition) is 0. The molecule has 1 aromatic carbocycles. The topological polar surface area (TPSA) is 50.5 Å². The summed E-state index contributed by atoms with van der Waals surface area (Å²) in [4.78, 5) is 27.2. The first-order valence-corrected chi connectivity index (χ1v) is 8.54. The fourth-order valence-corrected chi connectivity index (χ4v) is 3.86. The lowest BCUT2D eigenvalue weighted by Gasteiger charge is -2.39. The molecule has 4 nitrogen and oxygen atoms in total. The number of rotatable bonds is 1. The van der Waals surface area contributed by atoms with Gasteiger partial charge in [0.15, 0.2) is 5.78 Å². The van der Waals surface area contributed by atoms with Gasteiger partial charge in [-0.2, -0.15) is 0 Å². The number of carbonyl (C=O) groups is 2. The molecule has 24 heavy (non-hydrogen) atoms. The van der Waals surface area contributed by atoms with Crippen molar-refractivity contribution in [2.24, 2.45) is 0 Å². The first-order chi connectivity index (χ1) is 11.5. The molecule has 0 N–H and O–H groups in total. The Morgan fingerprint density at radius 2 is 2.00 bits per heavy atom. The van der Waals surface area contributed by atoms with Gasteiger partial charge in [0, 0.05) is 25.1 Å². The lowest BCUT2D eigenvalue weighted by molar-refractivity contribution is 0.0943. The van der Waals surface area contributed by atoms with Gasteiger partial charge >= 0.3 is 0 Å². The second kappa shape index (κ2) is 5.33. The average Bonchev–Trinajstić information content (AvgIpc) is 3.00. The van der Waals surface area contributed by atoms with Crippen molar-refractivity contribution in [1.29, 1.82) is 0 Å². The number of fused-ring (bicyclic) bond motifs is 2. The summed E-state index contributed by atoms with van der Waals surface area (Å²) >= 11 is 0. The highest BCUT2D eigenvalue weighted by Gasteiger charge is 2.36. The molecule has 1 aliphatic carbocycles. The van der Waals surface area contributed by atoms with Crippen LogP contribution in [-0.4, -0.2) is 18.2 Å². The smallest absolute Gasteiger partial charge is 0.262 e. The maximum absolute atomic E-state index is 13.2. The molecule has 0 saturated heterocycles. The number of ketones is 1. The van der Waals surface area contributed by atoms with Crippen LogP contribution in [0.15, 0.2) is 34.9 Å². The molecular formula is C20H21NO3. The van der Waals surface area contributed by atoms with Crippen molar-refractivity contribution in [2.45, 2.75) is 44.9 Å². The fraction of sp³-hybridized carbons (Fsp3) is 0.400. The van der Waals surface area contributed by atoms with Gasteiger partial charge in [-0.05, 0) is 29.9 Å². The molecule has 4 rings (SSSR count). The highest BCUT2D eigenvalue weighted by molar-refractivity contribution is 6.14. The predicted octanol–water partition coefficient (Wildman–Crippen LogP) is 4.13. The van der Waals surface area contributed by atoms with E-state index in [1.807, 2.05) is 18.2 Å². The largest absolute Gasteiger partial charge is 0.468 e. The molecule has 2 aromatic rings. The van der Waals surface area contributed by atoms with Gasteiger partial charge in [0.1, 0.15) is 12.0 Å². The molecule has 0 fully saturated rings. The van der Waals surface area contributed by atoms with Gasteiger partial charge in [-0.15, -0.1) is 0 Å². The van der Waals surface area contributed by atoms with Crippen LogP contribution in [0.5, 0.6) is 0 Å². The maximum Gasteiger partial charge on any atom is 0.262 e.